The van der Waals surface area contributed by atoms with Crippen LogP contribution < -0.4 is 9.80 Å². The molecule has 128 valence electrons. The quantitative estimate of drug-likeness (QED) is 0.663. The van der Waals surface area contributed by atoms with Gasteiger partial charge in [0.15, 0.2) is 11.6 Å². The highest BCUT2D eigenvalue weighted by Gasteiger charge is 2.20. The van der Waals surface area contributed by atoms with Crippen LogP contribution in [0.25, 0.3) is 5.82 Å². The Bertz CT molecular complexity index is 837. The third-order valence-electron chi connectivity index (χ3n) is 4.09. The second-order valence-electron chi connectivity index (χ2n) is 5.83. The van der Waals surface area contributed by atoms with Crippen LogP contribution in [0.4, 0.5) is 11.8 Å². The minimum atomic E-state index is 0.721. The van der Waals surface area contributed by atoms with Gasteiger partial charge in [-0.15, -0.1) is 10.2 Å². The second kappa shape index (κ2) is 6.75. The van der Waals surface area contributed by atoms with Crippen LogP contribution in [0.3, 0.4) is 0 Å². The van der Waals surface area contributed by atoms with Gasteiger partial charge in [-0.25, -0.2) is 14.6 Å². The Kier molecular flexibility index (Phi) is 4.31. The molecule has 4 heterocycles. The van der Waals surface area contributed by atoms with Crippen molar-refractivity contribution in [2.24, 2.45) is 0 Å². The van der Waals surface area contributed by atoms with Crippen molar-refractivity contribution in [3.05, 3.63) is 47.0 Å². The smallest absolute Gasteiger partial charge is 0.225 e. The van der Waals surface area contributed by atoms with Gasteiger partial charge in [-0.05, 0) is 41.1 Å². The van der Waals surface area contributed by atoms with E-state index in [0.29, 0.717) is 0 Å². The van der Waals surface area contributed by atoms with Crippen molar-refractivity contribution >= 4 is 27.7 Å². The Labute approximate surface area is 153 Å². The first-order chi connectivity index (χ1) is 12.2. The van der Waals surface area contributed by atoms with E-state index in [1.165, 1.54) is 0 Å². The van der Waals surface area contributed by atoms with E-state index in [9.17, 15) is 0 Å². The predicted octanol–water partition coefficient (Wildman–Crippen LogP) is 1.85. The molecule has 8 nitrogen and oxygen atoms in total. The monoisotopic (exact) mass is 400 g/mol. The van der Waals surface area contributed by atoms with Crippen LogP contribution in [0.1, 0.15) is 5.69 Å². The molecule has 3 aromatic rings. The van der Waals surface area contributed by atoms with E-state index in [4.69, 9.17) is 0 Å². The first-order valence-corrected chi connectivity index (χ1v) is 8.82. The van der Waals surface area contributed by atoms with Crippen LogP contribution in [-0.2, 0) is 0 Å². The first-order valence-electron chi connectivity index (χ1n) is 8.03. The van der Waals surface area contributed by atoms with Crippen molar-refractivity contribution in [3.8, 4) is 5.82 Å². The largest absolute Gasteiger partial charge is 0.352 e. The van der Waals surface area contributed by atoms with E-state index < -0.39 is 0 Å². The Morgan fingerprint density at radius 3 is 2.12 bits per heavy atom. The number of nitrogens with zero attached hydrogens (tertiary/aromatic N) is 8. The molecule has 0 unspecified atom stereocenters. The molecule has 0 aliphatic carbocycles. The van der Waals surface area contributed by atoms with E-state index in [1.54, 1.807) is 17.1 Å². The maximum absolute atomic E-state index is 4.36. The highest BCUT2D eigenvalue weighted by molar-refractivity contribution is 9.10. The molecule has 4 rings (SSSR count). The summed E-state index contributed by atoms with van der Waals surface area (Å²) in [6, 6.07) is 5.88. The van der Waals surface area contributed by atoms with Gasteiger partial charge in [0.1, 0.15) is 0 Å². The van der Waals surface area contributed by atoms with Crippen LogP contribution in [0.5, 0.6) is 0 Å². The Morgan fingerprint density at radius 2 is 1.52 bits per heavy atom. The fraction of sp³-hybridized carbons (Fsp3) is 0.312. The van der Waals surface area contributed by atoms with E-state index in [1.807, 2.05) is 31.3 Å². The van der Waals surface area contributed by atoms with Gasteiger partial charge in [-0.1, -0.05) is 0 Å². The van der Waals surface area contributed by atoms with Crippen molar-refractivity contribution in [1.82, 2.24) is 29.9 Å². The van der Waals surface area contributed by atoms with E-state index >= 15 is 0 Å². The lowest BCUT2D eigenvalue weighted by Crippen LogP contribution is -2.47. The summed E-state index contributed by atoms with van der Waals surface area (Å²) in [5.74, 6) is 2.36. The highest BCUT2D eigenvalue weighted by Crippen LogP contribution is 2.17. The summed E-state index contributed by atoms with van der Waals surface area (Å²) in [5.41, 5.74) is 0.956. The molecule has 0 atom stereocenters. The van der Waals surface area contributed by atoms with Crippen molar-refractivity contribution in [1.29, 1.82) is 0 Å². The van der Waals surface area contributed by atoms with Gasteiger partial charge >= 0.3 is 0 Å². The van der Waals surface area contributed by atoms with Gasteiger partial charge < -0.3 is 9.80 Å². The number of hydrogen-bond acceptors (Lipinski definition) is 7. The molecule has 0 aromatic carbocycles. The molecule has 0 amide bonds. The molecule has 0 N–H and O–H groups in total. The van der Waals surface area contributed by atoms with E-state index in [-0.39, 0.29) is 0 Å². The number of hydrogen-bond donors (Lipinski definition) is 0. The molecular formula is C16H17BrN8. The molecule has 0 saturated carbocycles. The Balaban J connectivity index is 1.41. The van der Waals surface area contributed by atoms with Gasteiger partial charge in [0.2, 0.25) is 5.95 Å². The maximum Gasteiger partial charge on any atom is 0.225 e. The SMILES string of the molecule is Cc1ccn(-c2ccc(N3CCN(c4ncc(Br)cn4)CC3)nn2)n1. The molecule has 1 aliphatic heterocycles. The maximum atomic E-state index is 4.36. The molecular weight excluding hydrogens is 384 g/mol. The lowest BCUT2D eigenvalue weighted by atomic mass is 10.3. The van der Waals surface area contributed by atoms with Gasteiger partial charge in [-0.3, -0.25) is 0 Å². The third kappa shape index (κ3) is 3.46. The standard InChI is InChI=1S/C16H17BrN8/c1-12-4-5-25(22-12)15-3-2-14(20-21-15)23-6-8-24(9-7-23)16-18-10-13(17)11-19-16/h2-5,10-11H,6-9H2,1H3. The van der Waals surface area contributed by atoms with Crippen molar-refractivity contribution in [3.63, 3.8) is 0 Å². The lowest BCUT2D eigenvalue weighted by molar-refractivity contribution is 0.630. The summed E-state index contributed by atoms with van der Waals surface area (Å²) in [7, 11) is 0. The zero-order valence-electron chi connectivity index (χ0n) is 13.7. The second-order valence-corrected chi connectivity index (χ2v) is 6.74. The average molecular weight is 401 g/mol. The molecule has 25 heavy (non-hydrogen) atoms. The normalized spacial score (nSPS) is 14.8. The summed E-state index contributed by atoms with van der Waals surface area (Å²) in [6.45, 7) is 5.36. The minimum Gasteiger partial charge on any atom is -0.352 e. The fourth-order valence-corrected chi connectivity index (χ4v) is 2.96. The predicted molar refractivity (Wildman–Crippen MR) is 98.0 cm³/mol. The number of aromatic nitrogens is 6. The van der Waals surface area contributed by atoms with Crippen LogP contribution in [0.2, 0.25) is 0 Å². The molecule has 1 saturated heterocycles. The Morgan fingerprint density at radius 1 is 0.880 bits per heavy atom. The third-order valence-corrected chi connectivity index (χ3v) is 4.50. The van der Waals surface area contributed by atoms with Crippen LogP contribution in [-0.4, -0.2) is 56.1 Å². The molecule has 0 radical (unpaired) electrons. The number of piperazine rings is 1. The number of halogens is 1. The van der Waals surface area contributed by atoms with Gasteiger partial charge in [0.05, 0.1) is 10.2 Å². The zero-order chi connectivity index (χ0) is 17.2. The molecule has 1 fully saturated rings. The summed E-state index contributed by atoms with van der Waals surface area (Å²) < 4.78 is 2.62. The minimum absolute atomic E-state index is 0.721. The molecule has 0 spiro atoms. The number of rotatable bonds is 3. The van der Waals surface area contributed by atoms with Crippen molar-refractivity contribution in [2.45, 2.75) is 6.92 Å². The van der Waals surface area contributed by atoms with E-state index in [0.717, 1.165) is 53.9 Å². The molecule has 9 heteroatoms. The fourth-order valence-electron chi connectivity index (χ4n) is 2.76. The highest BCUT2D eigenvalue weighted by atomic mass is 79.9. The van der Waals surface area contributed by atoms with Crippen LogP contribution in [0, 0.1) is 6.92 Å². The van der Waals surface area contributed by atoms with Gasteiger partial charge in [0.25, 0.3) is 0 Å². The number of aryl methyl sites for hydroxylation is 1. The summed E-state index contributed by atoms with van der Waals surface area (Å²) in [5, 5.41) is 13.0. The summed E-state index contributed by atoms with van der Waals surface area (Å²) in [6.07, 6.45) is 5.43. The van der Waals surface area contributed by atoms with Crippen molar-refractivity contribution < 1.29 is 0 Å². The molecule has 1 aliphatic rings. The van der Waals surface area contributed by atoms with Crippen LogP contribution >= 0.6 is 15.9 Å². The average Bonchev–Trinajstić information content (AvgIpc) is 3.09. The van der Waals surface area contributed by atoms with Crippen molar-refractivity contribution in [2.75, 3.05) is 36.0 Å². The van der Waals surface area contributed by atoms with Crippen LogP contribution in [0.15, 0.2) is 41.3 Å². The summed E-state index contributed by atoms with van der Waals surface area (Å²) >= 11 is 3.36. The first kappa shape index (κ1) is 15.9. The Hall–Kier alpha value is -2.55. The topological polar surface area (TPSA) is 75.9 Å². The number of anilines is 2. The van der Waals surface area contributed by atoms with Gasteiger partial charge in [-0.2, -0.15) is 5.10 Å². The van der Waals surface area contributed by atoms with Gasteiger partial charge in [0, 0.05) is 44.8 Å². The lowest BCUT2D eigenvalue weighted by Gasteiger charge is -2.35. The summed E-state index contributed by atoms with van der Waals surface area (Å²) in [4.78, 5) is 13.1. The molecule has 0 bridgehead atoms. The molecule has 3 aromatic heterocycles. The zero-order valence-corrected chi connectivity index (χ0v) is 15.3. The van der Waals surface area contributed by atoms with E-state index in [2.05, 4.69) is 51.0 Å².